The number of hydrogen-bond acceptors (Lipinski definition) is 4. The molecule has 2 amide bonds. The van der Waals surface area contributed by atoms with Gasteiger partial charge in [0.15, 0.2) is 0 Å². The lowest BCUT2D eigenvalue weighted by molar-refractivity contribution is -0.143. The first kappa shape index (κ1) is 15.6. The predicted octanol–water partition coefficient (Wildman–Crippen LogP) is 0.201. The number of aliphatic hydroxyl groups is 2. The molecule has 0 atom stereocenters. The highest BCUT2D eigenvalue weighted by molar-refractivity contribution is 9.10. The van der Waals surface area contributed by atoms with Gasteiger partial charge in [-0.25, -0.2) is 0 Å². The highest BCUT2D eigenvalue weighted by Gasteiger charge is 2.21. The predicted molar refractivity (Wildman–Crippen MR) is 73.5 cm³/mol. The highest BCUT2D eigenvalue weighted by atomic mass is 79.9. The molecule has 0 bridgehead atoms. The van der Waals surface area contributed by atoms with Gasteiger partial charge in [-0.05, 0) is 18.2 Å². The minimum atomic E-state index is -0.806. The van der Waals surface area contributed by atoms with Crippen LogP contribution in [0.4, 0.5) is 5.69 Å². The topological polar surface area (TPSA) is 89.9 Å². The van der Waals surface area contributed by atoms with Crippen LogP contribution in [0.3, 0.4) is 0 Å². The number of anilines is 1. The van der Waals surface area contributed by atoms with E-state index in [0.29, 0.717) is 5.69 Å². The van der Waals surface area contributed by atoms with E-state index in [2.05, 4.69) is 21.2 Å². The number of halogens is 1. The van der Waals surface area contributed by atoms with Gasteiger partial charge in [-0.3, -0.25) is 9.59 Å². The maximum Gasteiger partial charge on any atom is 0.313 e. The summed E-state index contributed by atoms with van der Waals surface area (Å²) in [5.74, 6) is -1.59. The Kier molecular flexibility index (Phi) is 6.48. The van der Waals surface area contributed by atoms with Crippen molar-refractivity contribution < 1.29 is 19.8 Å². The van der Waals surface area contributed by atoms with E-state index in [1.807, 2.05) is 0 Å². The highest BCUT2D eigenvalue weighted by Crippen LogP contribution is 2.15. The average molecular weight is 331 g/mol. The van der Waals surface area contributed by atoms with Gasteiger partial charge < -0.3 is 20.4 Å². The van der Waals surface area contributed by atoms with Crippen LogP contribution in [0.25, 0.3) is 0 Å². The van der Waals surface area contributed by atoms with Crippen LogP contribution in [-0.4, -0.2) is 53.2 Å². The third kappa shape index (κ3) is 4.98. The molecule has 0 aliphatic carbocycles. The molecule has 0 spiro atoms. The fraction of sp³-hybridized carbons (Fsp3) is 0.333. The molecular weight excluding hydrogens is 316 g/mol. The Balaban J connectivity index is 2.68. The van der Waals surface area contributed by atoms with Crippen LogP contribution in [0.1, 0.15) is 0 Å². The van der Waals surface area contributed by atoms with E-state index in [9.17, 15) is 9.59 Å². The Bertz CT molecular complexity index is 447. The van der Waals surface area contributed by atoms with Crippen LogP contribution in [0, 0.1) is 0 Å². The fourth-order valence-corrected chi connectivity index (χ4v) is 1.85. The second-order valence-electron chi connectivity index (χ2n) is 3.70. The van der Waals surface area contributed by atoms with Crippen molar-refractivity contribution in [2.75, 3.05) is 31.6 Å². The number of benzene rings is 1. The van der Waals surface area contributed by atoms with Crippen molar-refractivity contribution >= 4 is 33.4 Å². The normalized spacial score (nSPS) is 10.1. The summed E-state index contributed by atoms with van der Waals surface area (Å²) in [5, 5.41) is 20.1. The number of carbonyl (C=O) groups is 2. The molecule has 0 aromatic heterocycles. The zero-order chi connectivity index (χ0) is 14.3. The Labute approximate surface area is 119 Å². The van der Waals surface area contributed by atoms with Crippen molar-refractivity contribution in [3.63, 3.8) is 0 Å². The first-order chi connectivity index (χ1) is 9.08. The lowest BCUT2D eigenvalue weighted by atomic mass is 10.3. The summed E-state index contributed by atoms with van der Waals surface area (Å²) in [4.78, 5) is 24.6. The smallest absolute Gasteiger partial charge is 0.313 e. The summed E-state index contributed by atoms with van der Waals surface area (Å²) in [5.41, 5.74) is 0.487. The summed E-state index contributed by atoms with van der Waals surface area (Å²) >= 11 is 3.26. The molecule has 0 heterocycles. The Hall–Kier alpha value is -1.44. The number of aliphatic hydroxyl groups excluding tert-OH is 2. The molecule has 0 radical (unpaired) electrons. The second kappa shape index (κ2) is 7.88. The standard InChI is InChI=1S/C12H15BrN2O4/c13-9-2-1-3-10(8-9)14-11(18)12(19)15(4-6-16)5-7-17/h1-3,8,16-17H,4-7H2,(H,14,18). The zero-order valence-corrected chi connectivity index (χ0v) is 11.8. The monoisotopic (exact) mass is 330 g/mol. The van der Waals surface area contributed by atoms with Gasteiger partial charge >= 0.3 is 11.8 Å². The molecule has 0 saturated carbocycles. The third-order valence-corrected chi connectivity index (χ3v) is 2.80. The Morgan fingerprint density at radius 3 is 2.37 bits per heavy atom. The summed E-state index contributed by atoms with van der Waals surface area (Å²) < 4.78 is 0.778. The summed E-state index contributed by atoms with van der Waals surface area (Å²) in [6.07, 6.45) is 0. The molecule has 19 heavy (non-hydrogen) atoms. The van der Waals surface area contributed by atoms with Crippen LogP contribution < -0.4 is 5.32 Å². The molecule has 0 aliphatic rings. The number of carbonyl (C=O) groups excluding carboxylic acids is 2. The number of rotatable bonds is 5. The number of nitrogens with zero attached hydrogens (tertiary/aromatic N) is 1. The van der Waals surface area contributed by atoms with E-state index in [0.717, 1.165) is 9.37 Å². The van der Waals surface area contributed by atoms with E-state index in [1.54, 1.807) is 24.3 Å². The molecule has 0 saturated heterocycles. The summed E-state index contributed by atoms with van der Waals surface area (Å²) in [6, 6.07) is 6.83. The summed E-state index contributed by atoms with van der Waals surface area (Å²) in [6.45, 7) is -0.525. The van der Waals surface area contributed by atoms with Gasteiger partial charge in [-0.2, -0.15) is 0 Å². The van der Waals surface area contributed by atoms with Crippen molar-refractivity contribution in [3.8, 4) is 0 Å². The lowest BCUT2D eigenvalue weighted by Gasteiger charge is -2.19. The van der Waals surface area contributed by atoms with E-state index in [4.69, 9.17) is 10.2 Å². The SMILES string of the molecule is O=C(Nc1cccc(Br)c1)C(=O)N(CCO)CCO. The maximum atomic E-state index is 11.8. The van der Waals surface area contributed by atoms with Crippen molar-refractivity contribution in [1.82, 2.24) is 4.90 Å². The molecule has 6 nitrogen and oxygen atoms in total. The first-order valence-electron chi connectivity index (χ1n) is 5.66. The minimum absolute atomic E-state index is 0.00526. The van der Waals surface area contributed by atoms with Crippen LogP contribution in [0.15, 0.2) is 28.7 Å². The minimum Gasteiger partial charge on any atom is -0.395 e. The molecule has 104 valence electrons. The number of amides is 2. The Morgan fingerprint density at radius 2 is 1.84 bits per heavy atom. The molecule has 1 aromatic rings. The molecule has 7 heteroatoms. The number of nitrogens with one attached hydrogen (secondary N) is 1. The second-order valence-corrected chi connectivity index (χ2v) is 4.62. The maximum absolute atomic E-state index is 11.8. The molecule has 0 aliphatic heterocycles. The van der Waals surface area contributed by atoms with E-state index in [-0.39, 0.29) is 26.3 Å². The molecule has 3 N–H and O–H groups in total. The van der Waals surface area contributed by atoms with Gasteiger partial charge in [0.2, 0.25) is 0 Å². The van der Waals surface area contributed by atoms with Crippen molar-refractivity contribution in [1.29, 1.82) is 0 Å². The van der Waals surface area contributed by atoms with Crippen molar-refractivity contribution in [2.45, 2.75) is 0 Å². The van der Waals surface area contributed by atoms with Gasteiger partial charge in [-0.15, -0.1) is 0 Å². The van der Waals surface area contributed by atoms with E-state index < -0.39 is 11.8 Å². The largest absolute Gasteiger partial charge is 0.395 e. The molecule has 1 rings (SSSR count). The molecular formula is C12H15BrN2O4. The number of hydrogen-bond donors (Lipinski definition) is 3. The van der Waals surface area contributed by atoms with E-state index in [1.165, 1.54) is 0 Å². The van der Waals surface area contributed by atoms with Gasteiger partial charge in [0.25, 0.3) is 0 Å². The fourth-order valence-electron chi connectivity index (χ4n) is 1.45. The quantitative estimate of drug-likeness (QED) is 0.673. The van der Waals surface area contributed by atoms with Gasteiger partial charge in [0.05, 0.1) is 13.2 Å². The zero-order valence-electron chi connectivity index (χ0n) is 10.2. The third-order valence-electron chi connectivity index (χ3n) is 2.30. The average Bonchev–Trinajstić information content (AvgIpc) is 2.37. The lowest BCUT2D eigenvalue weighted by Crippen LogP contribution is -2.42. The van der Waals surface area contributed by atoms with Crippen molar-refractivity contribution in [3.05, 3.63) is 28.7 Å². The van der Waals surface area contributed by atoms with Crippen LogP contribution in [-0.2, 0) is 9.59 Å². The molecule has 0 fully saturated rings. The Morgan fingerprint density at radius 1 is 1.21 bits per heavy atom. The van der Waals surface area contributed by atoms with Crippen molar-refractivity contribution in [2.24, 2.45) is 0 Å². The van der Waals surface area contributed by atoms with E-state index >= 15 is 0 Å². The van der Waals surface area contributed by atoms with Crippen LogP contribution >= 0.6 is 15.9 Å². The first-order valence-corrected chi connectivity index (χ1v) is 6.45. The van der Waals surface area contributed by atoms with Gasteiger partial charge in [0, 0.05) is 23.2 Å². The van der Waals surface area contributed by atoms with Gasteiger partial charge in [0.1, 0.15) is 0 Å². The van der Waals surface area contributed by atoms with Gasteiger partial charge in [-0.1, -0.05) is 22.0 Å². The molecule has 1 aromatic carbocycles. The van der Waals surface area contributed by atoms with Crippen LogP contribution in [0.5, 0.6) is 0 Å². The van der Waals surface area contributed by atoms with Crippen LogP contribution in [0.2, 0.25) is 0 Å². The molecule has 0 unspecified atom stereocenters. The summed E-state index contributed by atoms with van der Waals surface area (Å²) in [7, 11) is 0.